The molecule has 0 heterocycles. The fraction of sp³-hybridized carbons (Fsp3) is 0.125. The third-order valence-corrected chi connectivity index (χ3v) is 4.37. The molecule has 3 rings (SSSR count). The van der Waals surface area contributed by atoms with Gasteiger partial charge in [-0.2, -0.15) is 0 Å². The average molecular weight is 403 g/mol. The number of nitrogens with one attached hydrogen (secondary N) is 1. The average Bonchev–Trinajstić information content (AvgIpc) is 2.78. The number of benzene rings is 3. The predicted molar refractivity (Wildman–Crippen MR) is 113 cm³/mol. The maximum Gasteiger partial charge on any atom is 0.340 e. The van der Waals surface area contributed by atoms with Crippen LogP contribution >= 0.6 is 0 Å². The van der Waals surface area contributed by atoms with Gasteiger partial charge in [0.05, 0.1) is 24.8 Å². The van der Waals surface area contributed by atoms with Crippen LogP contribution in [0.3, 0.4) is 0 Å². The summed E-state index contributed by atoms with van der Waals surface area (Å²) in [5.74, 6) is -0.649. The van der Waals surface area contributed by atoms with Crippen LogP contribution in [-0.4, -0.2) is 31.4 Å². The van der Waals surface area contributed by atoms with E-state index in [9.17, 15) is 14.4 Å². The van der Waals surface area contributed by atoms with Crippen LogP contribution in [-0.2, 0) is 16.0 Å². The molecule has 0 radical (unpaired) electrons. The van der Waals surface area contributed by atoms with Crippen molar-refractivity contribution in [3.8, 4) is 5.75 Å². The molecular formula is C24H21NO5. The summed E-state index contributed by atoms with van der Waals surface area (Å²) in [5, 5.41) is 2.73. The van der Waals surface area contributed by atoms with Crippen LogP contribution in [0, 0.1) is 0 Å². The molecule has 0 saturated heterocycles. The lowest BCUT2D eigenvalue weighted by Gasteiger charge is -2.11. The van der Waals surface area contributed by atoms with E-state index in [1.54, 1.807) is 48.5 Å². The Hall–Kier alpha value is -3.93. The third-order valence-electron chi connectivity index (χ3n) is 4.37. The number of rotatable bonds is 8. The third kappa shape index (κ3) is 5.54. The Morgan fingerprint density at radius 3 is 2.20 bits per heavy atom. The van der Waals surface area contributed by atoms with Crippen molar-refractivity contribution < 1.29 is 23.9 Å². The molecule has 30 heavy (non-hydrogen) atoms. The van der Waals surface area contributed by atoms with E-state index in [0.717, 1.165) is 5.56 Å². The molecule has 3 aromatic carbocycles. The minimum atomic E-state index is -0.688. The van der Waals surface area contributed by atoms with Gasteiger partial charge in [0.1, 0.15) is 5.75 Å². The molecule has 0 aliphatic heterocycles. The summed E-state index contributed by atoms with van der Waals surface area (Å²) in [6.45, 7) is -0.405. The van der Waals surface area contributed by atoms with E-state index in [1.165, 1.54) is 7.11 Å². The number of amides is 1. The summed E-state index contributed by atoms with van der Waals surface area (Å²) in [4.78, 5) is 37.1. The molecule has 6 heteroatoms. The summed E-state index contributed by atoms with van der Waals surface area (Å²) >= 11 is 0. The summed E-state index contributed by atoms with van der Waals surface area (Å²) < 4.78 is 10.2. The zero-order valence-electron chi connectivity index (χ0n) is 16.5. The van der Waals surface area contributed by atoms with Gasteiger partial charge in [-0.1, -0.05) is 42.5 Å². The number of Topliss-reactive ketones (excluding diaryl/α,β-unsaturated/α-hetero) is 1. The first-order valence-electron chi connectivity index (χ1n) is 9.34. The lowest BCUT2D eigenvalue weighted by atomic mass is 10.1. The fourth-order valence-corrected chi connectivity index (χ4v) is 2.81. The maximum atomic E-state index is 12.5. The standard InChI is InChI=1S/C24H21NO5/c1-29-19-13-11-18(12-14-19)22(26)16-30-24(28)20-9-5-6-10-21(20)25-23(27)15-17-7-3-2-4-8-17/h2-14H,15-16H2,1H3,(H,25,27). The van der Waals surface area contributed by atoms with Gasteiger partial charge in [0.2, 0.25) is 5.91 Å². The van der Waals surface area contributed by atoms with Gasteiger partial charge < -0.3 is 14.8 Å². The van der Waals surface area contributed by atoms with Gasteiger partial charge in [0.15, 0.2) is 12.4 Å². The van der Waals surface area contributed by atoms with Gasteiger partial charge in [0.25, 0.3) is 0 Å². The van der Waals surface area contributed by atoms with Crippen LogP contribution < -0.4 is 10.1 Å². The number of carbonyl (C=O) groups is 3. The molecule has 0 fully saturated rings. The van der Waals surface area contributed by atoms with Gasteiger partial charge in [-0.05, 0) is 42.0 Å². The van der Waals surface area contributed by atoms with E-state index >= 15 is 0 Å². The number of ether oxygens (including phenoxy) is 2. The highest BCUT2D eigenvalue weighted by Crippen LogP contribution is 2.17. The second-order valence-electron chi connectivity index (χ2n) is 6.48. The van der Waals surface area contributed by atoms with Crippen molar-refractivity contribution in [2.24, 2.45) is 0 Å². The molecule has 1 amide bonds. The van der Waals surface area contributed by atoms with Gasteiger partial charge >= 0.3 is 5.97 Å². The van der Waals surface area contributed by atoms with Crippen molar-refractivity contribution in [2.45, 2.75) is 6.42 Å². The molecule has 0 spiro atoms. The van der Waals surface area contributed by atoms with Crippen molar-refractivity contribution >= 4 is 23.3 Å². The Labute approximate surface area is 174 Å². The molecule has 6 nitrogen and oxygen atoms in total. The molecule has 1 N–H and O–H groups in total. The van der Waals surface area contributed by atoms with Crippen LogP contribution in [0.2, 0.25) is 0 Å². The molecule has 0 unspecified atom stereocenters. The van der Waals surface area contributed by atoms with E-state index in [0.29, 0.717) is 17.0 Å². The van der Waals surface area contributed by atoms with E-state index in [2.05, 4.69) is 5.32 Å². The van der Waals surface area contributed by atoms with Gasteiger partial charge in [-0.15, -0.1) is 0 Å². The second kappa shape index (κ2) is 10.0. The normalized spacial score (nSPS) is 10.2. The lowest BCUT2D eigenvalue weighted by molar-refractivity contribution is -0.115. The number of carbonyl (C=O) groups excluding carboxylic acids is 3. The van der Waals surface area contributed by atoms with Crippen LogP contribution in [0.5, 0.6) is 5.75 Å². The number of hydrogen-bond acceptors (Lipinski definition) is 5. The highest BCUT2D eigenvalue weighted by molar-refractivity contribution is 6.03. The Morgan fingerprint density at radius 1 is 0.833 bits per heavy atom. The van der Waals surface area contributed by atoms with Gasteiger partial charge in [-0.3, -0.25) is 9.59 Å². The minimum Gasteiger partial charge on any atom is -0.497 e. The fourth-order valence-electron chi connectivity index (χ4n) is 2.81. The van der Waals surface area contributed by atoms with Crippen LogP contribution in [0.1, 0.15) is 26.3 Å². The predicted octanol–water partition coefficient (Wildman–Crippen LogP) is 3.92. The largest absolute Gasteiger partial charge is 0.497 e. The first-order valence-corrected chi connectivity index (χ1v) is 9.34. The highest BCUT2D eigenvalue weighted by Gasteiger charge is 2.16. The summed E-state index contributed by atoms with van der Waals surface area (Å²) in [5.41, 5.74) is 1.79. The van der Waals surface area contributed by atoms with Gasteiger partial charge in [0, 0.05) is 5.56 Å². The van der Waals surface area contributed by atoms with Crippen molar-refractivity contribution in [3.05, 3.63) is 95.6 Å². The Bertz CT molecular complexity index is 1030. The minimum absolute atomic E-state index is 0.181. The van der Waals surface area contributed by atoms with Crippen molar-refractivity contribution in [3.63, 3.8) is 0 Å². The van der Waals surface area contributed by atoms with Crippen molar-refractivity contribution in [2.75, 3.05) is 19.0 Å². The summed E-state index contributed by atoms with van der Waals surface area (Å²) in [6, 6.07) is 22.3. The molecule has 0 aliphatic carbocycles. The molecular weight excluding hydrogens is 382 g/mol. The number of ketones is 1. The molecule has 0 bridgehead atoms. The number of para-hydroxylation sites is 1. The van der Waals surface area contributed by atoms with E-state index in [4.69, 9.17) is 9.47 Å². The Morgan fingerprint density at radius 2 is 1.50 bits per heavy atom. The number of methoxy groups -OCH3 is 1. The number of anilines is 1. The zero-order valence-corrected chi connectivity index (χ0v) is 16.5. The first kappa shape index (κ1) is 20.8. The SMILES string of the molecule is COc1ccc(C(=O)COC(=O)c2ccccc2NC(=O)Cc2ccccc2)cc1. The molecule has 0 saturated carbocycles. The van der Waals surface area contributed by atoms with Crippen LogP contribution in [0.25, 0.3) is 0 Å². The molecule has 0 aliphatic rings. The lowest BCUT2D eigenvalue weighted by Crippen LogP contribution is -2.19. The van der Waals surface area contributed by atoms with E-state index in [-0.39, 0.29) is 23.7 Å². The smallest absolute Gasteiger partial charge is 0.340 e. The quantitative estimate of drug-likeness (QED) is 0.455. The number of hydrogen-bond donors (Lipinski definition) is 1. The van der Waals surface area contributed by atoms with Crippen LogP contribution in [0.15, 0.2) is 78.9 Å². The molecule has 152 valence electrons. The Kier molecular flexibility index (Phi) is 6.95. The summed E-state index contributed by atoms with van der Waals surface area (Å²) in [6.07, 6.45) is 0.181. The summed E-state index contributed by atoms with van der Waals surface area (Å²) in [7, 11) is 1.54. The molecule has 0 atom stereocenters. The zero-order chi connectivity index (χ0) is 21.3. The Balaban J connectivity index is 1.61. The monoisotopic (exact) mass is 403 g/mol. The van der Waals surface area contributed by atoms with Crippen LogP contribution in [0.4, 0.5) is 5.69 Å². The van der Waals surface area contributed by atoms with Gasteiger partial charge in [-0.25, -0.2) is 4.79 Å². The number of esters is 1. The second-order valence-corrected chi connectivity index (χ2v) is 6.48. The van der Waals surface area contributed by atoms with E-state index in [1.807, 2.05) is 30.3 Å². The maximum absolute atomic E-state index is 12.5. The van der Waals surface area contributed by atoms with E-state index < -0.39 is 12.6 Å². The topological polar surface area (TPSA) is 81.7 Å². The molecule has 0 aromatic heterocycles. The first-order chi connectivity index (χ1) is 14.6. The van der Waals surface area contributed by atoms with Crippen molar-refractivity contribution in [1.82, 2.24) is 0 Å². The van der Waals surface area contributed by atoms with Crippen molar-refractivity contribution in [1.29, 1.82) is 0 Å². The highest BCUT2D eigenvalue weighted by atomic mass is 16.5. The molecule has 3 aromatic rings.